The summed E-state index contributed by atoms with van der Waals surface area (Å²) in [5.41, 5.74) is 6.35. The molecule has 0 unspecified atom stereocenters. The Bertz CT molecular complexity index is 613. The van der Waals surface area contributed by atoms with Crippen LogP contribution in [0.1, 0.15) is 79.1 Å². The third-order valence-corrected chi connectivity index (χ3v) is 7.33. The molecule has 0 radical (unpaired) electrons. The number of sulfonamides is 1. The van der Waals surface area contributed by atoms with Crippen molar-refractivity contribution in [2.75, 3.05) is 18.8 Å². The Morgan fingerprint density at radius 1 is 0.926 bits per heavy atom. The fourth-order valence-corrected chi connectivity index (χ4v) is 5.15. The number of benzene rings is 1. The number of hydrogen-bond donors (Lipinski definition) is 1. The molecule has 0 heterocycles. The van der Waals surface area contributed by atoms with Crippen molar-refractivity contribution in [1.29, 1.82) is 0 Å². The summed E-state index contributed by atoms with van der Waals surface area (Å²) in [5, 5.41) is 0. The number of nitrogen functional groups attached to an aromatic ring is 1. The number of unbranched alkanes of at least 4 members (excludes halogenated alkanes) is 2. The number of anilines is 1. The minimum absolute atomic E-state index is 0.318. The number of nitrogens with two attached hydrogens (primary N) is 1. The third-order valence-electron chi connectivity index (χ3n) is 5.51. The van der Waals surface area contributed by atoms with Gasteiger partial charge in [-0.2, -0.15) is 4.31 Å². The largest absolute Gasteiger partial charge is 0.399 e. The molecular formula is C22H40N2O2S. The van der Waals surface area contributed by atoms with Crippen LogP contribution in [0.5, 0.6) is 0 Å². The monoisotopic (exact) mass is 396 g/mol. The lowest BCUT2D eigenvalue weighted by Gasteiger charge is -2.30. The maximum Gasteiger partial charge on any atom is 0.243 e. The molecular weight excluding hydrogens is 356 g/mol. The summed E-state index contributed by atoms with van der Waals surface area (Å²) in [6.45, 7) is 9.92. The van der Waals surface area contributed by atoms with E-state index in [-0.39, 0.29) is 0 Å². The molecule has 0 bridgehead atoms. The molecule has 2 atom stereocenters. The second-order valence-electron chi connectivity index (χ2n) is 7.73. The van der Waals surface area contributed by atoms with Gasteiger partial charge >= 0.3 is 0 Å². The van der Waals surface area contributed by atoms with E-state index in [0.717, 1.165) is 51.4 Å². The molecule has 0 aromatic heterocycles. The summed E-state index contributed by atoms with van der Waals surface area (Å²) in [6, 6.07) is 6.71. The maximum atomic E-state index is 13.4. The number of rotatable bonds is 14. The van der Waals surface area contributed by atoms with Crippen LogP contribution in [0.3, 0.4) is 0 Å². The molecule has 1 aromatic carbocycles. The number of nitrogens with zero attached hydrogens (tertiary/aromatic N) is 1. The standard InChI is InChI=1S/C22H40N2O2S/c1-5-9-12-19(7-3)17-24(18-20(8-4)13-10-6-2)27(25,26)22-15-11-14-21(23)16-22/h11,14-16,19-20H,5-10,12-13,17-18,23H2,1-4H3/t19-,20+. The molecule has 0 fully saturated rings. The fraction of sp³-hybridized carbons (Fsp3) is 0.727. The summed E-state index contributed by atoms with van der Waals surface area (Å²) in [7, 11) is -3.53. The number of hydrogen-bond acceptors (Lipinski definition) is 3. The molecule has 0 aliphatic heterocycles. The predicted molar refractivity (Wildman–Crippen MR) is 116 cm³/mol. The first-order valence-corrected chi connectivity index (χ1v) is 12.2. The molecule has 0 spiro atoms. The highest BCUT2D eigenvalue weighted by Crippen LogP contribution is 2.25. The van der Waals surface area contributed by atoms with Crippen LogP contribution in [0.25, 0.3) is 0 Å². The lowest BCUT2D eigenvalue weighted by atomic mass is 9.97. The van der Waals surface area contributed by atoms with Gasteiger partial charge in [-0.05, 0) is 42.9 Å². The highest BCUT2D eigenvalue weighted by molar-refractivity contribution is 7.89. The predicted octanol–water partition coefficient (Wildman–Crippen LogP) is 5.69. The van der Waals surface area contributed by atoms with Crippen molar-refractivity contribution in [1.82, 2.24) is 4.31 Å². The van der Waals surface area contributed by atoms with Crippen LogP contribution in [0, 0.1) is 11.8 Å². The average molecular weight is 397 g/mol. The Labute approximate surface area is 167 Å². The lowest BCUT2D eigenvalue weighted by molar-refractivity contribution is 0.270. The van der Waals surface area contributed by atoms with Crippen molar-refractivity contribution >= 4 is 15.7 Å². The fourth-order valence-electron chi connectivity index (χ4n) is 3.51. The Balaban J connectivity index is 3.10. The van der Waals surface area contributed by atoms with Gasteiger partial charge in [-0.25, -0.2) is 8.42 Å². The van der Waals surface area contributed by atoms with Crippen LogP contribution >= 0.6 is 0 Å². The molecule has 1 rings (SSSR count). The summed E-state index contributed by atoms with van der Waals surface area (Å²) in [6.07, 6.45) is 8.78. The average Bonchev–Trinajstić information content (AvgIpc) is 2.66. The van der Waals surface area contributed by atoms with Gasteiger partial charge in [0, 0.05) is 18.8 Å². The van der Waals surface area contributed by atoms with Crippen molar-refractivity contribution in [3.8, 4) is 0 Å². The second-order valence-corrected chi connectivity index (χ2v) is 9.67. The molecule has 2 N–H and O–H groups in total. The second kappa shape index (κ2) is 12.4. The van der Waals surface area contributed by atoms with Gasteiger partial charge in [0.1, 0.15) is 0 Å². The summed E-state index contributed by atoms with van der Waals surface area (Å²) in [4.78, 5) is 0.318. The first kappa shape index (κ1) is 24.0. The molecule has 5 heteroatoms. The van der Waals surface area contributed by atoms with E-state index < -0.39 is 10.0 Å². The van der Waals surface area contributed by atoms with Crippen LogP contribution in [0.15, 0.2) is 29.2 Å². The molecule has 0 aliphatic carbocycles. The van der Waals surface area contributed by atoms with E-state index in [2.05, 4.69) is 27.7 Å². The minimum Gasteiger partial charge on any atom is -0.399 e. The van der Waals surface area contributed by atoms with Crippen molar-refractivity contribution < 1.29 is 8.42 Å². The zero-order chi connectivity index (χ0) is 20.3. The Kier molecular flexibility index (Phi) is 11.0. The van der Waals surface area contributed by atoms with Crippen LogP contribution in [0.4, 0.5) is 5.69 Å². The zero-order valence-electron chi connectivity index (χ0n) is 17.8. The van der Waals surface area contributed by atoms with Crippen LogP contribution < -0.4 is 5.73 Å². The Hall–Kier alpha value is -1.07. The molecule has 0 amide bonds. The molecule has 0 aliphatic rings. The quantitative estimate of drug-likeness (QED) is 0.411. The molecule has 156 valence electrons. The highest BCUT2D eigenvalue weighted by atomic mass is 32.2. The van der Waals surface area contributed by atoms with Gasteiger partial charge in [0.15, 0.2) is 0 Å². The van der Waals surface area contributed by atoms with Gasteiger partial charge in [0.25, 0.3) is 0 Å². The van der Waals surface area contributed by atoms with Gasteiger partial charge in [0.05, 0.1) is 4.90 Å². The molecule has 1 aromatic rings. The zero-order valence-corrected chi connectivity index (χ0v) is 18.6. The lowest BCUT2D eigenvalue weighted by Crippen LogP contribution is -2.39. The van der Waals surface area contributed by atoms with E-state index in [0.29, 0.717) is 35.5 Å². The van der Waals surface area contributed by atoms with Gasteiger partial charge < -0.3 is 5.73 Å². The van der Waals surface area contributed by atoms with Crippen molar-refractivity contribution in [3.63, 3.8) is 0 Å². The van der Waals surface area contributed by atoms with Crippen molar-refractivity contribution in [2.45, 2.75) is 84.0 Å². The van der Waals surface area contributed by atoms with E-state index in [9.17, 15) is 8.42 Å². The van der Waals surface area contributed by atoms with E-state index in [4.69, 9.17) is 5.73 Å². The topological polar surface area (TPSA) is 63.4 Å². The van der Waals surface area contributed by atoms with Gasteiger partial charge in [-0.1, -0.05) is 72.3 Å². The van der Waals surface area contributed by atoms with Crippen molar-refractivity contribution in [3.05, 3.63) is 24.3 Å². The van der Waals surface area contributed by atoms with Crippen molar-refractivity contribution in [2.24, 2.45) is 11.8 Å². The van der Waals surface area contributed by atoms with Gasteiger partial charge in [-0.3, -0.25) is 0 Å². The SMILES string of the molecule is CCCC[C@@H](CC)CN(C[C@@H](CC)CCCC)S(=O)(=O)c1cccc(N)c1. The van der Waals surface area contributed by atoms with E-state index in [1.165, 1.54) is 0 Å². The van der Waals surface area contributed by atoms with Gasteiger partial charge in [0.2, 0.25) is 10.0 Å². The maximum absolute atomic E-state index is 13.4. The van der Waals surface area contributed by atoms with E-state index >= 15 is 0 Å². The highest BCUT2D eigenvalue weighted by Gasteiger charge is 2.28. The van der Waals surface area contributed by atoms with Crippen LogP contribution in [0.2, 0.25) is 0 Å². The smallest absolute Gasteiger partial charge is 0.243 e. The third kappa shape index (κ3) is 7.82. The van der Waals surface area contributed by atoms with Gasteiger partial charge in [-0.15, -0.1) is 0 Å². The summed E-state index contributed by atoms with van der Waals surface area (Å²) < 4.78 is 28.6. The molecule has 27 heavy (non-hydrogen) atoms. The van der Waals surface area contributed by atoms with E-state index in [1.807, 2.05) is 0 Å². The first-order chi connectivity index (χ1) is 12.9. The minimum atomic E-state index is -3.53. The van der Waals surface area contributed by atoms with Crippen LogP contribution in [-0.2, 0) is 10.0 Å². The molecule has 0 saturated heterocycles. The molecule has 0 saturated carbocycles. The molecule has 4 nitrogen and oxygen atoms in total. The Morgan fingerprint density at radius 2 is 1.44 bits per heavy atom. The Morgan fingerprint density at radius 3 is 1.85 bits per heavy atom. The van der Waals surface area contributed by atoms with E-state index in [1.54, 1.807) is 28.6 Å². The summed E-state index contributed by atoms with van der Waals surface area (Å²) in [5.74, 6) is 0.814. The van der Waals surface area contributed by atoms with Crippen LogP contribution in [-0.4, -0.2) is 25.8 Å². The summed E-state index contributed by atoms with van der Waals surface area (Å²) >= 11 is 0. The normalized spacial score (nSPS) is 14.4. The first-order valence-electron chi connectivity index (χ1n) is 10.7.